The van der Waals surface area contributed by atoms with Gasteiger partial charge in [0.1, 0.15) is 0 Å². The van der Waals surface area contributed by atoms with Crippen molar-refractivity contribution in [2.45, 2.75) is 0 Å². The molecule has 0 aliphatic carbocycles. The summed E-state index contributed by atoms with van der Waals surface area (Å²) in [7, 11) is 1.24. The molecule has 0 bridgehead atoms. The summed E-state index contributed by atoms with van der Waals surface area (Å²) < 4.78 is 4.35. The van der Waals surface area contributed by atoms with Gasteiger partial charge in [0.2, 0.25) is 0 Å². The second kappa shape index (κ2) is 6.48. The van der Waals surface area contributed by atoms with Crippen LogP contribution in [0.15, 0.2) is 18.2 Å². The molecule has 0 unspecified atom stereocenters. The molecule has 0 spiro atoms. The lowest BCUT2D eigenvalue weighted by Gasteiger charge is -2.11. The van der Waals surface area contributed by atoms with Crippen molar-refractivity contribution >= 4 is 52.3 Å². The van der Waals surface area contributed by atoms with Crippen LogP contribution in [-0.2, 0) is 4.74 Å². The van der Waals surface area contributed by atoms with Gasteiger partial charge in [-0.15, -0.1) is 0 Å². The van der Waals surface area contributed by atoms with Crippen LogP contribution < -0.4 is 16.2 Å². The minimum absolute atomic E-state index is 0.166. The van der Waals surface area contributed by atoms with Crippen molar-refractivity contribution < 1.29 is 9.53 Å². The summed E-state index contributed by atoms with van der Waals surface area (Å²) in [4.78, 5) is 10.8. The van der Waals surface area contributed by atoms with Crippen LogP contribution in [0.5, 0.6) is 0 Å². The van der Waals surface area contributed by atoms with Crippen molar-refractivity contribution in [1.29, 1.82) is 0 Å². The molecular formula is C9H9Cl2N3O2S. The minimum Gasteiger partial charge on any atom is -0.452 e. The van der Waals surface area contributed by atoms with Crippen molar-refractivity contribution in [3.8, 4) is 0 Å². The first-order chi connectivity index (χ1) is 8.02. The van der Waals surface area contributed by atoms with Gasteiger partial charge in [-0.1, -0.05) is 23.2 Å². The maximum atomic E-state index is 10.8. The molecule has 0 heterocycles. The van der Waals surface area contributed by atoms with E-state index in [0.29, 0.717) is 15.7 Å². The maximum absolute atomic E-state index is 10.8. The van der Waals surface area contributed by atoms with E-state index in [0.717, 1.165) is 0 Å². The molecule has 1 rings (SSSR count). The second-order valence-electron chi connectivity index (χ2n) is 2.82. The number of thiocarbonyl (C=S) groups is 1. The van der Waals surface area contributed by atoms with Crippen LogP contribution in [0.4, 0.5) is 10.5 Å². The number of benzene rings is 1. The summed E-state index contributed by atoms with van der Waals surface area (Å²) in [6.45, 7) is 0. The normalized spacial score (nSPS) is 9.35. The van der Waals surface area contributed by atoms with Crippen molar-refractivity contribution in [3.05, 3.63) is 28.2 Å². The number of amides is 1. The van der Waals surface area contributed by atoms with E-state index in [2.05, 4.69) is 20.9 Å². The Bertz CT molecular complexity index is 442. The molecule has 8 heteroatoms. The molecule has 1 aromatic rings. The smallest absolute Gasteiger partial charge is 0.425 e. The van der Waals surface area contributed by atoms with Gasteiger partial charge in [-0.2, -0.15) is 0 Å². The lowest BCUT2D eigenvalue weighted by Crippen LogP contribution is -2.43. The summed E-state index contributed by atoms with van der Waals surface area (Å²) in [6, 6.07) is 4.89. The number of carbonyl (C=O) groups excluding carboxylic acids is 1. The van der Waals surface area contributed by atoms with E-state index in [1.807, 2.05) is 0 Å². The number of hydrazine groups is 1. The van der Waals surface area contributed by atoms with Gasteiger partial charge in [0.15, 0.2) is 5.11 Å². The monoisotopic (exact) mass is 293 g/mol. The molecule has 92 valence electrons. The van der Waals surface area contributed by atoms with Crippen LogP contribution in [0.25, 0.3) is 0 Å². The Balaban J connectivity index is 2.53. The van der Waals surface area contributed by atoms with Gasteiger partial charge < -0.3 is 10.1 Å². The molecule has 0 saturated heterocycles. The van der Waals surface area contributed by atoms with Gasteiger partial charge in [0.25, 0.3) is 0 Å². The fourth-order valence-electron chi connectivity index (χ4n) is 0.903. The van der Waals surface area contributed by atoms with Crippen molar-refractivity contribution in [1.82, 2.24) is 10.9 Å². The number of hydrogen-bond donors (Lipinski definition) is 3. The van der Waals surface area contributed by atoms with Crippen LogP contribution in [-0.4, -0.2) is 18.3 Å². The highest BCUT2D eigenvalue weighted by molar-refractivity contribution is 7.80. The molecule has 0 aliphatic heterocycles. The SMILES string of the molecule is COC(=O)NNC(=S)Nc1ccc(Cl)cc1Cl. The number of anilines is 1. The van der Waals surface area contributed by atoms with E-state index in [4.69, 9.17) is 35.4 Å². The highest BCUT2D eigenvalue weighted by Gasteiger charge is 2.04. The third-order valence-corrected chi connectivity index (χ3v) is 2.39. The average Bonchev–Trinajstić information content (AvgIpc) is 2.29. The van der Waals surface area contributed by atoms with Crippen LogP contribution in [0, 0.1) is 0 Å². The predicted molar refractivity (Wildman–Crippen MR) is 71.4 cm³/mol. The zero-order valence-electron chi connectivity index (χ0n) is 8.71. The molecule has 0 fully saturated rings. The van der Waals surface area contributed by atoms with E-state index in [-0.39, 0.29) is 5.11 Å². The third-order valence-electron chi connectivity index (χ3n) is 1.64. The summed E-state index contributed by atoms with van der Waals surface area (Å²) in [5.74, 6) is 0. The summed E-state index contributed by atoms with van der Waals surface area (Å²) in [5, 5.41) is 3.88. The van der Waals surface area contributed by atoms with Gasteiger partial charge >= 0.3 is 6.09 Å². The molecule has 1 amide bonds. The number of halogens is 2. The number of rotatable bonds is 1. The van der Waals surface area contributed by atoms with E-state index in [1.165, 1.54) is 7.11 Å². The molecule has 0 saturated carbocycles. The highest BCUT2D eigenvalue weighted by atomic mass is 35.5. The van der Waals surface area contributed by atoms with Crippen molar-refractivity contribution in [3.63, 3.8) is 0 Å². The van der Waals surface area contributed by atoms with E-state index in [9.17, 15) is 4.79 Å². The predicted octanol–water partition coefficient (Wildman–Crippen LogP) is 2.55. The van der Waals surface area contributed by atoms with E-state index in [1.54, 1.807) is 18.2 Å². The first kappa shape index (κ1) is 13.8. The zero-order valence-corrected chi connectivity index (χ0v) is 11.0. The summed E-state index contributed by atoms with van der Waals surface area (Å²) >= 11 is 16.6. The van der Waals surface area contributed by atoms with Crippen LogP contribution in [0.3, 0.4) is 0 Å². The Labute approximate surface area is 113 Å². The van der Waals surface area contributed by atoms with Crippen molar-refractivity contribution in [2.75, 3.05) is 12.4 Å². The second-order valence-corrected chi connectivity index (χ2v) is 4.07. The number of carbonyl (C=O) groups is 1. The van der Waals surface area contributed by atoms with Gasteiger partial charge in [-0.25, -0.2) is 10.2 Å². The molecular weight excluding hydrogens is 285 g/mol. The standard InChI is InChI=1S/C9H9Cl2N3O2S/c1-16-9(15)14-13-8(17)12-7-3-2-5(10)4-6(7)11/h2-4H,1H3,(H,14,15)(H2,12,13,17). The fourth-order valence-corrected chi connectivity index (χ4v) is 1.52. The maximum Gasteiger partial charge on any atom is 0.425 e. The van der Waals surface area contributed by atoms with E-state index >= 15 is 0 Å². The van der Waals surface area contributed by atoms with Crippen molar-refractivity contribution in [2.24, 2.45) is 0 Å². The van der Waals surface area contributed by atoms with Gasteiger partial charge in [0, 0.05) is 5.02 Å². The lowest BCUT2D eigenvalue weighted by molar-refractivity contribution is 0.169. The number of ether oxygens (including phenoxy) is 1. The number of nitrogens with one attached hydrogen (secondary N) is 3. The first-order valence-corrected chi connectivity index (χ1v) is 5.55. The Morgan fingerprint density at radius 2 is 2.06 bits per heavy atom. The first-order valence-electron chi connectivity index (χ1n) is 4.39. The Kier molecular flexibility index (Phi) is 5.27. The molecule has 0 radical (unpaired) electrons. The molecule has 17 heavy (non-hydrogen) atoms. The van der Waals surface area contributed by atoms with Gasteiger partial charge in [0.05, 0.1) is 17.8 Å². The molecule has 0 aromatic heterocycles. The summed E-state index contributed by atoms with van der Waals surface area (Å²) in [6.07, 6.45) is -0.656. The quantitative estimate of drug-likeness (QED) is 0.549. The van der Waals surface area contributed by atoms with Crippen LogP contribution >= 0.6 is 35.4 Å². The number of hydrogen-bond acceptors (Lipinski definition) is 3. The Hall–Kier alpha value is -1.24. The average molecular weight is 294 g/mol. The zero-order chi connectivity index (χ0) is 12.8. The molecule has 0 aliphatic rings. The third kappa shape index (κ3) is 4.64. The topological polar surface area (TPSA) is 62.4 Å². The van der Waals surface area contributed by atoms with Gasteiger partial charge in [-0.05, 0) is 30.4 Å². The lowest BCUT2D eigenvalue weighted by atomic mass is 10.3. The number of methoxy groups -OCH3 is 1. The fraction of sp³-hybridized carbons (Fsp3) is 0.111. The molecule has 0 atom stereocenters. The summed E-state index contributed by atoms with van der Waals surface area (Å²) in [5.41, 5.74) is 5.20. The highest BCUT2D eigenvalue weighted by Crippen LogP contribution is 2.25. The Morgan fingerprint density at radius 3 is 2.65 bits per heavy atom. The van der Waals surface area contributed by atoms with Crippen LogP contribution in [0.2, 0.25) is 10.0 Å². The van der Waals surface area contributed by atoms with Crippen LogP contribution in [0.1, 0.15) is 0 Å². The molecule has 5 nitrogen and oxygen atoms in total. The largest absolute Gasteiger partial charge is 0.452 e. The van der Waals surface area contributed by atoms with Gasteiger partial charge in [-0.3, -0.25) is 5.43 Å². The minimum atomic E-state index is -0.656. The Morgan fingerprint density at radius 1 is 1.35 bits per heavy atom. The van der Waals surface area contributed by atoms with E-state index < -0.39 is 6.09 Å². The molecule has 1 aromatic carbocycles. The molecule has 3 N–H and O–H groups in total.